The number of nitrogens with one attached hydrogen (secondary N) is 2. The monoisotopic (exact) mass is 276 g/mol. The number of carbonyl (C=O) groups excluding carboxylic acids is 2. The zero-order valence-corrected chi connectivity index (χ0v) is 11.0. The van der Waals surface area contributed by atoms with Gasteiger partial charge in [0.2, 0.25) is 12.2 Å². The predicted octanol–water partition coefficient (Wildman–Crippen LogP) is 2.57. The lowest BCUT2D eigenvalue weighted by atomic mass is 10.2. The zero-order chi connectivity index (χ0) is 15.6. The van der Waals surface area contributed by atoms with Gasteiger partial charge in [0.25, 0.3) is 0 Å². The third-order valence-corrected chi connectivity index (χ3v) is 1.68. The number of furan rings is 1. The van der Waals surface area contributed by atoms with E-state index in [-0.39, 0.29) is 6.61 Å². The Labute approximate surface area is 116 Å². The number of aryl methyl sites for hydroxylation is 1. The van der Waals surface area contributed by atoms with Crippen molar-refractivity contribution < 1.29 is 19.1 Å². The van der Waals surface area contributed by atoms with Gasteiger partial charge in [-0.15, -0.1) is 0 Å². The Hall–Kier alpha value is -2.78. The minimum absolute atomic E-state index is 0.00694. The van der Waals surface area contributed by atoms with Crippen molar-refractivity contribution in [2.45, 2.75) is 13.5 Å². The van der Waals surface area contributed by atoms with E-state index in [0.717, 1.165) is 12.2 Å². The van der Waals surface area contributed by atoms with E-state index in [1.165, 1.54) is 11.8 Å². The maximum atomic E-state index is 8.35. The molecule has 0 fully saturated rings. The molecule has 0 radical (unpaired) electrons. The summed E-state index contributed by atoms with van der Waals surface area (Å²) >= 11 is 0. The minimum atomic E-state index is -0.00694. The van der Waals surface area contributed by atoms with Crippen LogP contribution in [0.25, 0.3) is 0 Å². The average Bonchev–Trinajstić information content (AvgIpc) is 2.95. The molecule has 2 aromatic rings. The molecule has 0 unspecified atom stereocenters. The largest absolute Gasteiger partial charge is 0.467 e. The third-order valence-electron chi connectivity index (χ3n) is 1.68. The molecule has 6 heteroatoms. The molecule has 0 saturated carbocycles. The summed E-state index contributed by atoms with van der Waals surface area (Å²) in [6.45, 7) is 2.08. The van der Waals surface area contributed by atoms with Gasteiger partial charge in [-0.3, -0.25) is 0 Å². The average molecular weight is 276 g/mol. The number of benzene rings is 1. The molecule has 1 aromatic carbocycles. The number of aliphatic hydroxyl groups is 1. The lowest BCUT2D eigenvalue weighted by Crippen LogP contribution is -1.72. The standard InChI is InChI=1S/C7H8.C5H6O2.2CHNO/c1-7-5-3-2-4-6-7;6-4-5-2-1-3-7-5;2*2-1-3/h2-6H,1H3;1-3,6H,4H2;2*2H. The fraction of sp³-hybridized carbons (Fsp3) is 0.143. The smallest absolute Gasteiger partial charge is 0.231 e. The second kappa shape index (κ2) is 16.2. The Morgan fingerprint density at radius 1 is 1.05 bits per heavy atom. The Kier molecular flexibility index (Phi) is 15.9. The number of hydrogen-bond donors (Lipinski definition) is 3. The highest BCUT2D eigenvalue weighted by molar-refractivity contribution is 5.26. The van der Waals surface area contributed by atoms with Gasteiger partial charge in [-0.25, -0.2) is 20.4 Å². The van der Waals surface area contributed by atoms with Gasteiger partial charge in [0.05, 0.1) is 6.26 Å². The summed E-state index contributed by atoms with van der Waals surface area (Å²) in [4.78, 5) is 16.7. The van der Waals surface area contributed by atoms with E-state index < -0.39 is 0 Å². The normalized spacial score (nSPS) is 7.10. The van der Waals surface area contributed by atoms with Crippen molar-refractivity contribution in [1.82, 2.24) is 0 Å². The van der Waals surface area contributed by atoms with Crippen LogP contribution in [0.5, 0.6) is 0 Å². The number of aliphatic hydroxyl groups excluding tert-OH is 1. The van der Waals surface area contributed by atoms with Crippen LogP contribution >= 0.6 is 0 Å². The van der Waals surface area contributed by atoms with Crippen LogP contribution < -0.4 is 0 Å². The molecule has 20 heavy (non-hydrogen) atoms. The molecule has 1 heterocycles. The van der Waals surface area contributed by atoms with Crippen molar-refractivity contribution >= 4 is 12.2 Å². The molecule has 106 valence electrons. The molecule has 3 N–H and O–H groups in total. The summed E-state index contributed by atoms with van der Waals surface area (Å²) in [5.74, 6) is 0.611. The SMILES string of the molecule is Cc1ccccc1.N=C=O.N=C=O.OCc1ccco1. The van der Waals surface area contributed by atoms with Crippen LogP contribution in [0, 0.1) is 17.7 Å². The maximum Gasteiger partial charge on any atom is 0.231 e. The minimum Gasteiger partial charge on any atom is -0.467 e. The molecule has 0 amide bonds. The topological polar surface area (TPSA) is 115 Å². The first-order chi connectivity index (χ1) is 9.65. The van der Waals surface area contributed by atoms with Crippen LogP contribution in [-0.2, 0) is 16.2 Å². The summed E-state index contributed by atoms with van der Waals surface area (Å²) < 4.78 is 4.73. The van der Waals surface area contributed by atoms with E-state index in [1.54, 1.807) is 12.1 Å². The number of rotatable bonds is 1. The van der Waals surface area contributed by atoms with Gasteiger partial charge >= 0.3 is 0 Å². The van der Waals surface area contributed by atoms with Crippen LogP contribution in [0.1, 0.15) is 11.3 Å². The molecular formula is C14H16N2O4. The van der Waals surface area contributed by atoms with Crippen LogP contribution in [0.15, 0.2) is 53.1 Å². The van der Waals surface area contributed by atoms with E-state index >= 15 is 0 Å². The molecule has 0 spiro atoms. The summed E-state index contributed by atoms with van der Waals surface area (Å²) in [7, 11) is 0. The maximum absolute atomic E-state index is 8.35. The number of isocyanates is 2. The molecule has 0 bridgehead atoms. The van der Waals surface area contributed by atoms with E-state index in [1.807, 2.05) is 18.2 Å². The molecular weight excluding hydrogens is 260 g/mol. The van der Waals surface area contributed by atoms with Crippen LogP contribution in [0.4, 0.5) is 0 Å². The van der Waals surface area contributed by atoms with Gasteiger partial charge in [-0.2, -0.15) is 0 Å². The summed E-state index contributed by atoms with van der Waals surface area (Å²) in [5, 5.41) is 19.1. The molecule has 0 aliphatic rings. The van der Waals surface area contributed by atoms with E-state index in [9.17, 15) is 0 Å². The summed E-state index contributed by atoms with van der Waals surface area (Å²) in [5.41, 5.74) is 1.32. The molecule has 0 aliphatic carbocycles. The Bertz CT molecular complexity index is 471. The van der Waals surface area contributed by atoms with Gasteiger partial charge in [-0.05, 0) is 19.1 Å². The quantitative estimate of drug-likeness (QED) is 0.548. The lowest BCUT2D eigenvalue weighted by Gasteiger charge is -1.82. The molecule has 6 nitrogen and oxygen atoms in total. The van der Waals surface area contributed by atoms with Crippen molar-refractivity contribution in [2.75, 3.05) is 0 Å². The first kappa shape index (κ1) is 19.6. The van der Waals surface area contributed by atoms with E-state index in [0.29, 0.717) is 5.76 Å². The second-order valence-electron chi connectivity index (χ2n) is 3.10. The van der Waals surface area contributed by atoms with E-state index in [4.69, 9.17) is 29.9 Å². The van der Waals surface area contributed by atoms with Crippen molar-refractivity contribution in [3.63, 3.8) is 0 Å². The molecule has 0 aliphatic heterocycles. The van der Waals surface area contributed by atoms with Crippen molar-refractivity contribution in [2.24, 2.45) is 0 Å². The highest BCUT2D eigenvalue weighted by Crippen LogP contribution is 1.96. The number of hydrogen-bond acceptors (Lipinski definition) is 6. The fourth-order valence-corrected chi connectivity index (χ4v) is 0.937. The highest BCUT2D eigenvalue weighted by atomic mass is 16.4. The Morgan fingerprint density at radius 2 is 1.55 bits per heavy atom. The van der Waals surface area contributed by atoms with Crippen LogP contribution in [0.3, 0.4) is 0 Å². The van der Waals surface area contributed by atoms with Crippen molar-refractivity contribution in [1.29, 1.82) is 10.8 Å². The van der Waals surface area contributed by atoms with Crippen LogP contribution in [-0.4, -0.2) is 17.3 Å². The lowest BCUT2D eigenvalue weighted by molar-refractivity contribution is 0.247. The summed E-state index contributed by atoms with van der Waals surface area (Å²) in [6.07, 6.45) is 3.03. The highest BCUT2D eigenvalue weighted by Gasteiger charge is 1.85. The van der Waals surface area contributed by atoms with Crippen molar-refractivity contribution in [3.05, 3.63) is 60.1 Å². The predicted molar refractivity (Wildman–Crippen MR) is 72.6 cm³/mol. The molecule has 0 atom stereocenters. The Morgan fingerprint density at radius 3 is 1.75 bits per heavy atom. The van der Waals surface area contributed by atoms with Gasteiger partial charge in [0, 0.05) is 0 Å². The second-order valence-corrected chi connectivity index (χ2v) is 3.10. The van der Waals surface area contributed by atoms with Gasteiger partial charge in [0.1, 0.15) is 12.4 Å². The first-order valence-electron chi connectivity index (χ1n) is 5.38. The van der Waals surface area contributed by atoms with Gasteiger partial charge in [-0.1, -0.05) is 35.9 Å². The molecule has 1 aromatic heterocycles. The van der Waals surface area contributed by atoms with Gasteiger partial charge < -0.3 is 9.52 Å². The van der Waals surface area contributed by atoms with Gasteiger partial charge in [0.15, 0.2) is 0 Å². The summed E-state index contributed by atoms with van der Waals surface area (Å²) in [6, 6.07) is 13.7. The molecule has 2 rings (SSSR count). The van der Waals surface area contributed by atoms with Crippen LogP contribution in [0.2, 0.25) is 0 Å². The Balaban J connectivity index is 0. The fourth-order valence-electron chi connectivity index (χ4n) is 0.937. The zero-order valence-electron chi connectivity index (χ0n) is 11.0. The first-order valence-corrected chi connectivity index (χ1v) is 5.38. The third kappa shape index (κ3) is 15.2. The van der Waals surface area contributed by atoms with Crippen molar-refractivity contribution in [3.8, 4) is 0 Å². The van der Waals surface area contributed by atoms with E-state index in [2.05, 4.69) is 19.1 Å². The molecule has 0 saturated heterocycles.